The Balaban J connectivity index is 3.54. The van der Waals surface area contributed by atoms with Crippen molar-refractivity contribution < 1.29 is 5.06 Å². The topological polar surface area (TPSA) is 27.5 Å². The van der Waals surface area contributed by atoms with Crippen LogP contribution in [0.1, 0.15) is 20.8 Å². The zero-order valence-electron chi connectivity index (χ0n) is 5.41. The summed E-state index contributed by atoms with van der Waals surface area (Å²) < 4.78 is 0. The number of hydroxylamine groups is 2. The Hall–Kier alpha value is -0.0800. The minimum absolute atomic E-state index is 0.139. The molecular formula is C5H13NO. The molecular weight excluding hydrogens is 90.1 g/mol. The molecule has 44 valence electrons. The molecule has 0 aliphatic carbocycles. The van der Waals surface area contributed by atoms with E-state index in [1.165, 1.54) is 0 Å². The van der Waals surface area contributed by atoms with Crippen molar-refractivity contribution in [3.05, 3.63) is 5.21 Å². The quantitative estimate of drug-likeness (QED) is 0.422. The Morgan fingerprint density at radius 2 is 1.43 bits per heavy atom. The van der Waals surface area contributed by atoms with Crippen LogP contribution in [-0.4, -0.2) is 12.6 Å². The maximum absolute atomic E-state index is 10.5. The van der Waals surface area contributed by atoms with Crippen LogP contribution >= 0.6 is 0 Å². The molecule has 0 rings (SSSR count). The van der Waals surface area contributed by atoms with E-state index in [1.54, 1.807) is 7.05 Å². The summed E-state index contributed by atoms with van der Waals surface area (Å²) in [6, 6.07) is 0. The van der Waals surface area contributed by atoms with Crippen molar-refractivity contribution >= 4 is 0 Å². The van der Waals surface area contributed by atoms with Crippen molar-refractivity contribution in [1.82, 2.24) is 0 Å². The molecule has 0 radical (unpaired) electrons. The number of hydrogen-bond donors (Lipinski definition) is 1. The molecule has 0 aliphatic rings. The lowest BCUT2D eigenvalue weighted by atomic mass is 10.1. The lowest BCUT2D eigenvalue weighted by Gasteiger charge is -2.31. The number of hydrogen-bond acceptors (Lipinski definition) is 1. The molecule has 2 heteroatoms. The van der Waals surface area contributed by atoms with Gasteiger partial charge in [-0.1, -0.05) is 0 Å². The van der Waals surface area contributed by atoms with E-state index in [-0.39, 0.29) is 10.6 Å². The molecule has 0 aromatic carbocycles. The third-order valence-corrected chi connectivity index (χ3v) is 1.06. The third kappa shape index (κ3) is 2.60. The van der Waals surface area contributed by atoms with Crippen LogP contribution in [0.15, 0.2) is 0 Å². The highest BCUT2D eigenvalue weighted by molar-refractivity contribution is 4.53. The van der Waals surface area contributed by atoms with E-state index in [1.807, 2.05) is 20.8 Å². The second kappa shape index (κ2) is 1.80. The standard InChI is InChI=1S/C5H13NO/c1-5(2,3)6(4)7/h6H,1-4H3. The average molecular weight is 103 g/mol. The van der Waals surface area contributed by atoms with Crippen molar-refractivity contribution in [1.29, 1.82) is 0 Å². The van der Waals surface area contributed by atoms with E-state index in [4.69, 9.17) is 0 Å². The zero-order chi connectivity index (χ0) is 6.08. The van der Waals surface area contributed by atoms with E-state index in [9.17, 15) is 5.21 Å². The predicted octanol–water partition coefficient (Wildman–Crippen LogP) is -0.203. The van der Waals surface area contributed by atoms with Gasteiger partial charge in [-0.25, -0.2) is 0 Å². The SMILES string of the molecule is C[NH+]([O-])C(C)(C)C. The highest BCUT2D eigenvalue weighted by Crippen LogP contribution is 1.88. The van der Waals surface area contributed by atoms with E-state index in [0.29, 0.717) is 0 Å². The molecule has 0 saturated heterocycles. The molecule has 0 spiro atoms. The van der Waals surface area contributed by atoms with Gasteiger partial charge in [0, 0.05) is 0 Å². The van der Waals surface area contributed by atoms with Crippen LogP contribution in [0.4, 0.5) is 0 Å². The van der Waals surface area contributed by atoms with Crippen LogP contribution in [0, 0.1) is 5.21 Å². The Morgan fingerprint density at radius 1 is 1.29 bits per heavy atom. The summed E-state index contributed by atoms with van der Waals surface area (Å²) in [7, 11) is 1.61. The lowest BCUT2D eigenvalue weighted by Crippen LogP contribution is -3.11. The van der Waals surface area contributed by atoms with Crippen LogP contribution < -0.4 is 5.06 Å². The number of quaternary nitrogens is 1. The summed E-state index contributed by atoms with van der Waals surface area (Å²) in [5.74, 6) is 0. The number of rotatable bonds is 0. The highest BCUT2D eigenvalue weighted by atomic mass is 16.5. The van der Waals surface area contributed by atoms with Crippen LogP contribution in [0.5, 0.6) is 0 Å². The molecule has 0 saturated carbocycles. The molecule has 1 unspecified atom stereocenters. The summed E-state index contributed by atoms with van der Waals surface area (Å²) in [5.41, 5.74) is -0.139. The smallest absolute Gasteiger partial charge is 0.0886 e. The largest absolute Gasteiger partial charge is 0.634 e. The summed E-state index contributed by atoms with van der Waals surface area (Å²) in [4.78, 5) is 0. The van der Waals surface area contributed by atoms with Gasteiger partial charge in [-0.2, -0.15) is 0 Å². The van der Waals surface area contributed by atoms with Gasteiger partial charge in [-0.05, 0) is 20.8 Å². The molecule has 0 aromatic rings. The molecule has 0 aliphatic heterocycles. The van der Waals surface area contributed by atoms with Crippen molar-refractivity contribution in [2.75, 3.05) is 7.05 Å². The van der Waals surface area contributed by atoms with E-state index >= 15 is 0 Å². The van der Waals surface area contributed by atoms with Gasteiger partial charge in [0.05, 0.1) is 12.6 Å². The van der Waals surface area contributed by atoms with E-state index in [2.05, 4.69) is 0 Å². The van der Waals surface area contributed by atoms with Crippen molar-refractivity contribution in [2.24, 2.45) is 0 Å². The van der Waals surface area contributed by atoms with Crippen LogP contribution in [0.2, 0.25) is 0 Å². The fourth-order valence-electron chi connectivity index (χ4n) is 0. The molecule has 0 fully saturated rings. The van der Waals surface area contributed by atoms with Crippen LogP contribution in [0.25, 0.3) is 0 Å². The first kappa shape index (κ1) is 6.92. The first-order chi connectivity index (χ1) is 2.94. The maximum atomic E-state index is 10.5. The van der Waals surface area contributed by atoms with Gasteiger partial charge in [0.25, 0.3) is 0 Å². The van der Waals surface area contributed by atoms with Crippen molar-refractivity contribution in [3.8, 4) is 0 Å². The molecule has 0 aromatic heterocycles. The second-order valence-corrected chi connectivity index (χ2v) is 2.81. The molecule has 0 amide bonds. The highest BCUT2D eigenvalue weighted by Gasteiger charge is 2.12. The Morgan fingerprint density at radius 3 is 1.43 bits per heavy atom. The monoisotopic (exact) mass is 103 g/mol. The first-order valence-corrected chi connectivity index (χ1v) is 2.45. The first-order valence-electron chi connectivity index (χ1n) is 2.45. The molecule has 1 N–H and O–H groups in total. The summed E-state index contributed by atoms with van der Waals surface area (Å²) in [5, 5.41) is 10.7. The summed E-state index contributed by atoms with van der Waals surface area (Å²) in [6.45, 7) is 5.74. The molecule has 2 nitrogen and oxygen atoms in total. The molecule has 7 heavy (non-hydrogen) atoms. The fraction of sp³-hybridized carbons (Fsp3) is 1.00. The predicted molar refractivity (Wildman–Crippen MR) is 30.0 cm³/mol. The Bertz CT molecular complexity index is 53.6. The third-order valence-electron chi connectivity index (χ3n) is 1.06. The Kier molecular flexibility index (Phi) is 1.78. The second-order valence-electron chi connectivity index (χ2n) is 2.81. The van der Waals surface area contributed by atoms with Gasteiger partial charge in [0.1, 0.15) is 0 Å². The minimum atomic E-state index is -0.139. The normalized spacial score (nSPS) is 16.7. The fourth-order valence-corrected chi connectivity index (χ4v) is 0. The average Bonchev–Trinajstić information content (AvgIpc) is 1.31. The van der Waals surface area contributed by atoms with Crippen LogP contribution in [-0.2, 0) is 0 Å². The lowest BCUT2D eigenvalue weighted by molar-refractivity contribution is -0.878. The van der Waals surface area contributed by atoms with Crippen molar-refractivity contribution in [2.45, 2.75) is 26.3 Å². The van der Waals surface area contributed by atoms with Gasteiger partial charge in [0.15, 0.2) is 0 Å². The Labute approximate surface area is 44.7 Å². The van der Waals surface area contributed by atoms with Crippen molar-refractivity contribution in [3.63, 3.8) is 0 Å². The van der Waals surface area contributed by atoms with Gasteiger partial charge in [-0.3, -0.25) is 0 Å². The minimum Gasteiger partial charge on any atom is -0.634 e. The molecule has 0 heterocycles. The maximum Gasteiger partial charge on any atom is 0.0886 e. The van der Waals surface area contributed by atoms with Gasteiger partial charge in [0.2, 0.25) is 0 Å². The summed E-state index contributed by atoms with van der Waals surface area (Å²) in [6.07, 6.45) is 0. The molecule has 1 atom stereocenters. The van der Waals surface area contributed by atoms with Gasteiger partial charge >= 0.3 is 0 Å². The van der Waals surface area contributed by atoms with E-state index < -0.39 is 0 Å². The number of nitrogens with one attached hydrogen (secondary N) is 1. The van der Waals surface area contributed by atoms with E-state index in [0.717, 1.165) is 0 Å². The summed E-state index contributed by atoms with van der Waals surface area (Å²) >= 11 is 0. The van der Waals surface area contributed by atoms with Gasteiger partial charge in [-0.15, -0.1) is 0 Å². The molecule has 0 bridgehead atoms. The zero-order valence-corrected chi connectivity index (χ0v) is 5.41. The van der Waals surface area contributed by atoms with Crippen LogP contribution in [0.3, 0.4) is 0 Å². The van der Waals surface area contributed by atoms with Gasteiger partial charge < -0.3 is 10.3 Å².